The van der Waals surface area contributed by atoms with E-state index < -0.39 is 0 Å². The van der Waals surface area contributed by atoms with Gasteiger partial charge in [-0.15, -0.1) is 0 Å². The normalized spacial score (nSPS) is 21.8. The largest absolute Gasteiger partial charge is 0.350 e. The summed E-state index contributed by atoms with van der Waals surface area (Å²) >= 11 is 0. The molecule has 0 aromatic carbocycles. The van der Waals surface area contributed by atoms with Gasteiger partial charge in [-0.25, -0.2) is 0 Å². The number of piperidine rings is 1. The number of carbonyl (C=O) groups is 1. The van der Waals surface area contributed by atoms with E-state index in [-0.39, 0.29) is 17.5 Å². The molecule has 1 heterocycles. The fourth-order valence-electron chi connectivity index (χ4n) is 1.95. The first kappa shape index (κ1) is 13.5. The molecule has 3 N–H and O–H groups in total. The SMILES string of the molecule is CC(C(=O)NC(C)(C)C)N1CCC(N)CC1. The first-order valence-electron chi connectivity index (χ1n) is 6.11. The van der Waals surface area contributed by atoms with Crippen LogP contribution in [0.25, 0.3) is 0 Å². The van der Waals surface area contributed by atoms with E-state index >= 15 is 0 Å². The third-order valence-corrected chi connectivity index (χ3v) is 3.00. The molecule has 1 atom stereocenters. The van der Waals surface area contributed by atoms with E-state index in [2.05, 4.69) is 10.2 Å². The van der Waals surface area contributed by atoms with Gasteiger partial charge in [-0.3, -0.25) is 9.69 Å². The van der Waals surface area contributed by atoms with Crippen LogP contribution in [0.1, 0.15) is 40.5 Å². The topological polar surface area (TPSA) is 58.4 Å². The Bertz CT molecular complexity index is 239. The Morgan fingerprint density at radius 1 is 1.38 bits per heavy atom. The molecule has 0 bridgehead atoms. The summed E-state index contributed by atoms with van der Waals surface area (Å²) in [6.07, 6.45) is 1.99. The molecule has 1 saturated heterocycles. The van der Waals surface area contributed by atoms with Crippen LogP contribution in [0, 0.1) is 0 Å². The smallest absolute Gasteiger partial charge is 0.237 e. The van der Waals surface area contributed by atoms with E-state index in [4.69, 9.17) is 5.73 Å². The van der Waals surface area contributed by atoms with Crippen molar-refractivity contribution in [2.45, 2.75) is 58.2 Å². The van der Waals surface area contributed by atoms with Gasteiger partial charge < -0.3 is 11.1 Å². The summed E-state index contributed by atoms with van der Waals surface area (Å²) in [6.45, 7) is 9.84. The minimum atomic E-state index is -0.155. The van der Waals surface area contributed by atoms with Crippen molar-refractivity contribution in [2.75, 3.05) is 13.1 Å². The lowest BCUT2D eigenvalue weighted by Crippen LogP contribution is -2.53. The van der Waals surface area contributed by atoms with Crippen LogP contribution in [0.4, 0.5) is 0 Å². The maximum absolute atomic E-state index is 12.0. The minimum absolute atomic E-state index is 0.0493. The summed E-state index contributed by atoms with van der Waals surface area (Å²) < 4.78 is 0. The first-order chi connectivity index (χ1) is 7.29. The van der Waals surface area contributed by atoms with Gasteiger partial charge in [-0.05, 0) is 40.5 Å². The van der Waals surface area contributed by atoms with Gasteiger partial charge in [-0.1, -0.05) is 0 Å². The minimum Gasteiger partial charge on any atom is -0.350 e. The Labute approximate surface area is 98.6 Å². The highest BCUT2D eigenvalue weighted by molar-refractivity contribution is 5.81. The van der Waals surface area contributed by atoms with Gasteiger partial charge in [0.25, 0.3) is 0 Å². The number of amides is 1. The standard InChI is InChI=1S/C12H25N3O/c1-9(11(16)14-12(2,3)4)15-7-5-10(13)6-8-15/h9-10H,5-8,13H2,1-4H3,(H,14,16). The monoisotopic (exact) mass is 227 g/mol. The van der Waals surface area contributed by atoms with Crippen LogP contribution in [-0.4, -0.2) is 41.5 Å². The second kappa shape index (κ2) is 5.15. The molecule has 4 nitrogen and oxygen atoms in total. The molecule has 1 unspecified atom stereocenters. The molecule has 0 aromatic rings. The van der Waals surface area contributed by atoms with Gasteiger partial charge in [0.15, 0.2) is 0 Å². The van der Waals surface area contributed by atoms with E-state index in [1.807, 2.05) is 27.7 Å². The maximum Gasteiger partial charge on any atom is 0.237 e. The molecule has 1 aliphatic heterocycles. The summed E-state index contributed by atoms with van der Waals surface area (Å²) in [5.74, 6) is 0.114. The predicted octanol–water partition coefficient (Wildman–Crippen LogP) is 0.713. The Morgan fingerprint density at radius 3 is 2.31 bits per heavy atom. The molecule has 0 aliphatic carbocycles. The summed E-state index contributed by atoms with van der Waals surface area (Å²) in [5, 5.41) is 3.02. The molecular formula is C12H25N3O. The Balaban J connectivity index is 2.45. The number of nitrogens with two attached hydrogens (primary N) is 1. The van der Waals surface area contributed by atoms with Crippen LogP contribution in [0.15, 0.2) is 0 Å². The molecule has 1 fully saturated rings. The Kier molecular flexibility index (Phi) is 4.33. The van der Waals surface area contributed by atoms with Crippen molar-refractivity contribution in [2.24, 2.45) is 5.73 Å². The lowest BCUT2D eigenvalue weighted by atomic mass is 10.0. The lowest BCUT2D eigenvalue weighted by molar-refractivity contribution is -0.127. The van der Waals surface area contributed by atoms with E-state index in [1.165, 1.54) is 0 Å². The molecule has 4 heteroatoms. The van der Waals surface area contributed by atoms with Gasteiger partial charge >= 0.3 is 0 Å². The molecular weight excluding hydrogens is 202 g/mol. The van der Waals surface area contributed by atoms with Crippen molar-refractivity contribution in [3.8, 4) is 0 Å². The molecule has 0 saturated carbocycles. The van der Waals surface area contributed by atoms with Crippen LogP contribution in [0.2, 0.25) is 0 Å². The van der Waals surface area contributed by atoms with Gasteiger partial charge in [-0.2, -0.15) is 0 Å². The van der Waals surface area contributed by atoms with Crippen molar-refractivity contribution < 1.29 is 4.79 Å². The number of rotatable bonds is 2. The molecule has 94 valence electrons. The van der Waals surface area contributed by atoms with Crippen molar-refractivity contribution in [1.29, 1.82) is 0 Å². The highest BCUT2D eigenvalue weighted by Crippen LogP contribution is 2.12. The summed E-state index contributed by atoms with van der Waals surface area (Å²) in [7, 11) is 0. The van der Waals surface area contributed by atoms with Gasteiger partial charge in [0.2, 0.25) is 5.91 Å². The molecule has 0 aromatic heterocycles. The predicted molar refractivity (Wildman–Crippen MR) is 66.1 cm³/mol. The number of nitrogens with zero attached hydrogens (tertiary/aromatic N) is 1. The lowest BCUT2D eigenvalue weighted by Gasteiger charge is -2.35. The Morgan fingerprint density at radius 2 is 1.88 bits per heavy atom. The number of hydrogen-bond acceptors (Lipinski definition) is 3. The van der Waals surface area contributed by atoms with Crippen LogP contribution < -0.4 is 11.1 Å². The molecule has 0 spiro atoms. The molecule has 1 amide bonds. The van der Waals surface area contributed by atoms with Gasteiger partial charge in [0, 0.05) is 24.7 Å². The first-order valence-corrected chi connectivity index (χ1v) is 6.11. The highest BCUT2D eigenvalue weighted by Gasteiger charge is 2.27. The summed E-state index contributed by atoms with van der Waals surface area (Å²) in [6, 6.07) is 0.265. The van der Waals surface area contributed by atoms with Crippen LogP contribution in [0.3, 0.4) is 0 Å². The van der Waals surface area contributed by atoms with Crippen LogP contribution in [-0.2, 0) is 4.79 Å². The quantitative estimate of drug-likeness (QED) is 0.730. The molecule has 1 rings (SSSR count). The van der Waals surface area contributed by atoms with E-state index in [0.717, 1.165) is 25.9 Å². The fraction of sp³-hybridized carbons (Fsp3) is 0.917. The Hall–Kier alpha value is -0.610. The highest BCUT2D eigenvalue weighted by atomic mass is 16.2. The van der Waals surface area contributed by atoms with E-state index in [0.29, 0.717) is 6.04 Å². The van der Waals surface area contributed by atoms with Gasteiger partial charge in [0.05, 0.1) is 6.04 Å². The van der Waals surface area contributed by atoms with Crippen molar-refractivity contribution in [3.63, 3.8) is 0 Å². The molecule has 0 radical (unpaired) electrons. The van der Waals surface area contributed by atoms with Gasteiger partial charge in [0.1, 0.15) is 0 Å². The number of likely N-dealkylation sites (tertiary alicyclic amines) is 1. The number of carbonyl (C=O) groups excluding carboxylic acids is 1. The number of nitrogens with one attached hydrogen (secondary N) is 1. The van der Waals surface area contributed by atoms with E-state index in [9.17, 15) is 4.79 Å². The van der Waals surface area contributed by atoms with Crippen LogP contribution >= 0.6 is 0 Å². The third-order valence-electron chi connectivity index (χ3n) is 3.00. The van der Waals surface area contributed by atoms with Crippen molar-refractivity contribution >= 4 is 5.91 Å². The van der Waals surface area contributed by atoms with E-state index in [1.54, 1.807) is 0 Å². The second-order valence-corrected chi connectivity index (χ2v) is 5.79. The summed E-state index contributed by atoms with van der Waals surface area (Å²) in [5.41, 5.74) is 5.69. The second-order valence-electron chi connectivity index (χ2n) is 5.79. The molecule has 16 heavy (non-hydrogen) atoms. The van der Waals surface area contributed by atoms with Crippen LogP contribution in [0.5, 0.6) is 0 Å². The fourth-order valence-corrected chi connectivity index (χ4v) is 1.95. The number of hydrogen-bond donors (Lipinski definition) is 2. The average Bonchev–Trinajstić information content (AvgIpc) is 2.15. The zero-order valence-electron chi connectivity index (χ0n) is 10.9. The van der Waals surface area contributed by atoms with Crippen molar-refractivity contribution in [1.82, 2.24) is 10.2 Å². The summed E-state index contributed by atoms with van der Waals surface area (Å²) in [4.78, 5) is 14.2. The zero-order valence-corrected chi connectivity index (χ0v) is 10.9. The zero-order chi connectivity index (χ0) is 12.3. The third kappa shape index (κ3) is 4.10. The average molecular weight is 227 g/mol. The van der Waals surface area contributed by atoms with Crippen molar-refractivity contribution in [3.05, 3.63) is 0 Å². The maximum atomic E-state index is 12.0. The molecule has 1 aliphatic rings.